The van der Waals surface area contributed by atoms with Crippen molar-refractivity contribution in [2.75, 3.05) is 20.3 Å². The molecule has 0 aromatic heterocycles. The Hall–Kier alpha value is -0.510. The molecule has 0 aromatic rings. The molecular weight excluding hydrogens is 215 g/mol. The molecule has 0 fully saturated rings. The maximum atomic E-state index is 10.0. The van der Waals surface area contributed by atoms with Crippen LogP contribution in [0.15, 0.2) is 12.4 Å². The van der Waals surface area contributed by atoms with Crippen LogP contribution in [-0.4, -0.2) is 45.5 Å². The Morgan fingerprint density at radius 3 is 2.00 bits per heavy atom. The van der Waals surface area contributed by atoms with Crippen LogP contribution in [0.25, 0.3) is 0 Å². The smallest absolute Gasteiger partial charge is 0.328 e. The number of hydrogen-bond donors (Lipinski definition) is 2. The Bertz CT molecular complexity index is 250. The van der Waals surface area contributed by atoms with Crippen molar-refractivity contribution in [2.24, 2.45) is 0 Å². The molecule has 90 valence electrons. The second kappa shape index (κ2) is 6.16. The quantitative estimate of drug-likeness (QED) is 0.706. The number of hydrogen-bond acceptors (Lipinski definition) is 3. The molecule has 1 aliphatic heterocycles. The lowest BCUT2D eigenvalue weighted by Crippen LogP contribution is -2.21. The highest BCUT2D eigenvalue weighted by Gasteiger charge is 2.17. The maximum absolute atomic E-state index is 10.0. The Morgan fingerprint density at radius 2 is 1.87 bits per heavy atom. The minimum absolute atomic E-state index is 0.535. The van der Waals surface area contributed by atoms with Gasteiger partial charge in [-0.2, -0.15) is 0 Å². The summed E-state index contributed by atoms with van der Waals surface area (Å²) in [5, 5.41) is 0. The fourth-order valence-corrected chi connectivity index (χ4v) is 0.794. The first kappa shape index (κ1) is 14.5. The van der Waals surface area contributed by atoms with E-state index in [0.717, 1.165) is 13.2 Å². The first-order chi connectivity index (χ1) is 6.77. The third-order valence-electron chi connectivity index (χ3n) is 2.02. The summed E-state index contributed by atoms with van der Waals surface area (Å²) in [6, 6.07) is 0. The number of nitrogens with zero attached hydrogens (tertiary/aromatic N) is 2. The highest BCUT2D eigenvalue weighted by Crippen LogP contribution is 2.39. The molecule has 0 bridgehead atoms. The van der Waals surface area contributed by atoms with Gasteiger partial charge in [-0.15, -0.1) is 0 Å². The highest BCUT2D eigenvalue weighted by atomic mass is 31.2. The van der Waals surface area contributed by atoms with Gasteiger partial charge in [0.1, 0.15) is 0 Å². The summed E-state index contributed by atoms with van der Waals surface area (Å²) < 4.78 is 10.0. The summed E-state index contributed by atoms with van der Waals surface area (Å²) in [4.78, 5) is 20.8. The van der Waals surface area contributed by atoms with Crippen LogP contribution in [0.5, 0.6) is 0 Å². The monoisotopic (exact) mass is 236 g/mol. The highest BCUT2D eigenvalue weighted by molar-refractivity contribution is 7.52. The van der Waals surface area contributed by atoms with E-state index in [0.29, 0.717) is 0 Å². The van der Waals surface area contributed by atoms with Crippen molar-refractivity contribution < 1.29 is 14.4 Å². The summed E-state index contributed by atoms with van der Waals surface area (Å²) >= 11 is 0. The molecule has 0 aliphatic carbocycles. The van der Waals surface area contributed by atoms with Gasteiger partial charge in [0.15, 0.2) is 0 Å². The van der Waals surface area contributed by atoms with Crippen LogP contribution < -0.4 is 0 Å². The summed E-state index contributed by atoms with van der Waals surface area (Å²) in [7, 11) is -1.66. The molecular formula is C9H21N2O3P. The van der Waals surface area contributed by atoms with Gasteiger partial charge in [0.25, 0.3) is 0 Å². The van der Waals surface area contributed by atoms with E-state index in [1.54, 1.807) is 0 Å². The molecule has 0 unspecified atom stereocenters. The van der Waals surface area contributed by atoms with Gasteiger partial charge < -0.3 is 19.6 Å². The second-order valence-electron chi connectivity index (χ2n) is 3.78. The average Bonchev–Trinajstić information content (AvgIpc) is 2.50. The van der Waals surface area contributed by atoms with Crippen LogP contribution in [0.1, 0.15) is 20.8 Å². The lowest BCUT2D eigenvalue weighted by molar-refractivity contribution is 0.308. The Balaban J connectivity index is 0.000000265. The van der Waals surface area contributed by atoms with E-state index in [2.05, 4.69) is 36.2 Å². The van der Waals surface area contributed by atoms with E-state index in [1.807, 2.05) is 0 Å². The third-order valence-corrected chi connectivity index (χ3v) is 3.36. The van der Waals surface area contributed by atoms with Gasteiger partial charge in [0, 0.05) is 26.0 Å². The van der Waals surface area contributed by atoms with E-state index >= 15 is 0 Å². The molecule has 6 heteroatoms. The molecule has 0 amide bonds. The first-order valence-electron chi connectivity index (χ1n) is 4.95. The van der Waals surface area contributed by atoms with Crippen LogP contribution in [0.3, 0.4) is 0 Å². The third kappa shape index (κ3) is 6.55. The normalized spacial score (nSPS) is 15.7. The van der Waals surface area contributed by atoms with Crippen LogP contribution >= 0.6 is 7.60 Å². The van der Waals surface area contributed by atoms with Gasteiger partial charge in [0.2, 0.25) is 0 Å². The van der Waals surface area contributed by atoms with Crippen molar-refractivity contribution in [1.29, 1.82) is 0 Å². The lowest BCUT2D eigenvalue weighted by atomic mass is 10.6. The zero-order valence-electron chi connectivity index (χ0n) is 9.79. The molecule has 1 rings (SSSR count). The van der Waals surface area contributed by atoms with Gasteiger partial charge in [-0.3, -0.25) is 4.57 Å². The van der Waals surface area contributed by atoms with E-state index in [1.165, 1.54) is 13.8 Å². The number of rotatable bonds is 2. The molecule has 1 heterocycles. The fraction of sp³-hybridized carbons (Fsp3) is 0.778. The van der Waals surface area contributed by atoms with E-state index in [-0.39, 0.29) is 0 Å². The van der Waals surface area contributed by atoms with Crippen LogP contribution in [0.4, 0.5) is 0 Å². The molecule has 0 spiro atoms. The molecule has 2 N–H and O–H groups in total. The van der Waals surface area contributed by atoms with Crippen molar-refractivity contribution in [3.05, 3.63) is 12.4 Å². The van der Waals surface area contributed by atoms with Crippen molar-refractivity contribution >= 4 is 7.60 Å². The minimum atomic E-state index is -3.74. The largest absolute Gasteiger partial charge is 0.362 e. The minimum Gasteiger partial charge on any atom is -0.362 e. The predicted octanol–water partition coefficient (Wildman–Crippen LogP) is 1.25. The van der Waals surface area contributed by atoms with E-state index < -0.39 is 13.3 Å². The van der Waals surface area contributed by atoms with Gasteiger partial charge in [-0.1, -0.05) is 13.8 Å². The van der Waals surface area contributed by atoms with Crippen molar-refractivity contribution in [1.82, 2.24) is 9.80 Å². The summed E-state index contributed by atoms with van der Waals surface area (Å²) in [5.41, 5.74) is -0.535. The van der Waals surface area contributed by atoms with Crippen molar-refractivity contribution in [2.45, 2.75) is 26.4 Å². The molecule has 0 saturated heterocycles. The zero-order valence-corrected chi connectivity index (χ0v) is 10.7. The molecule has 0 aromatic carbocycles. The Morgan fingerprint density at radius 1 is 1.40 bits per heavy atom. The maximum Gasteiger partial charge on any atom is 0.328 e. The molecule has 1 aliphatic rings. The second-order valence-corrected chi connectivity index (χ2v) is 6.00. The summed E-state index contributed by atoms with van der Waals surface area (Å²) in [6.45, 7) is 7.29. The molecule has 15 heavy (non-hydrogen) atoms. The molecule has 0 saturated carbocycles. The average molecular weight is 236 g/mol. The molecule has 0 atom stereocenters. The van der Waals surface area contributed by atoms with Gasteiger partial charge in [-0.05, 0) is 6.92 Å². The molecule has 5 nitrogen and oxygen atoms in total. The summed E-state index contributed by atoms with van der Waals surface area (Å²) in [6.07, 6.45) is 4.20. The lowest BCUT2D eigenvalue weighted by Gasteiger charge is -2.14. The summed E-state index contributed by atoms with van der Waals surface area (Å²) in [5.74, 6) is 0. The standard InChI is InChI=1S/C6H12N2.C3H9O3P/c1-3-8-5-4-7(2)6-8;1-3(2)7(4,5)6/h4-5H,3,6H2,1-2H3;3H,1-2H3,(H2,4,5,6). The van der Waals surface area contributed by atoms with E-state index in [9.17, 15) is 4.57 Å². The van der Waals surface area contributed by atoms with Gasteiger partial charge in [-0.25, -0.2) is 0 Å². The fourth-order valence-electron chi connectivity index (χ4n) is 0.794. The van der Waals surface area contributed by atoms with Crippen LogP contribution in [0, 0.1) is 0 Å². The van der Waals surface area contributed by atoms with Gasteiger partial charge >= 0.3 is 7.60 Å². The Labute approximate surface area is 91.5 Å². The predicted molar refractivity (Wildman–Crippen MR) is 61.3 cm³/mol. The van der Waals surface area contributed by atoms with Gasteiger partial charge in [0.05, 0.1) is 12.3 Å². The van der Waals surface area contributed by atoms with Crippen LogP contribution in [0.2, 0.25) is 0 Å². The zero-order chi connectivity index (χ0) is 12.1. The SMILES string of the molecule is CC(C)P(=O)(O)O.CCN1C=CN(C)C1. The Kier molecular flexibility index (Phi) is 5.95. The van der Waals surface area contributed by atoms with Crippen molar-refractivity contribution in [3.8, 4) is 0 Å². The van der Waals surface area contributed by atoms with Crippen molar-refractivity contribution in [3.63, 3.8) is 0 Å². The van der Waals surface area contributed by atoms with E-state index in [4.69, 9.17) is 9.79 Å². The topological polar surface area (TPSA) is 64.0 Å². The molecule has 0 radical (unpaired) electrons. The first-order valence-corrected chi connectivity index (χ1v) is 6.63. The van der Waals surface area contributed by atoms with Crippen LogP contribution in [-0.2, 0) is 4.57 Å².